The Morgan fingerprint density at radius 2 is 1.70 bits per heavy atom. The summed E-state index contributed by atoms with van der Waals surface area (Å²) in [7, 11) is 0. The second kappa shape index (κ2) is 5.46. The Hall–Kier alpha value is -3.07. The van der Waals surface area contributed by atoms with Gasteiger partial charge < -0.3 is 10.2 Å². The minimum atomic E-state index is -0.551. The van der Waals surface area contributed by atoms with Crippen LogP contribution in [0.2, 0.25) is 0 Å². The fourth-order valence-electron chi connectivity index (χ4n) is 4.75. The number of benzene rings is 3. The van der Waals surface area contributed by atoms with Gasteiger partial charge in [-0.3, -0.25) is 4.79 Å². The molecule has 0 aliphatic carbocycles. The highest BCUT2D eigenvalue weighted by Crippen LogP contribution is 2.52. The smallest absolute Gasteiger partial charge is 0.241 e. The number of nitrogens with zero attached hydrogens (tertiary/aromatic N) is 1. The molecular formula is C24H22N2O. The van der Waals surface area contributed by atoms with Gasteiger partial charge >= 0.3 is 0 Å². The van der Waals surface area contributed by atoms with Gasteiger partial charge in [0.1, 0.15) is 5.66 Å². The zero-order chi connectivity index (χ0) is 18.6. The molecule has 5 rings (SSSR count). The molecule has 0 aromatic heterocycles. The Bertz CT molecular complexity index is 1090. The zero-order valence-corrected chi connectivity index (χ0v) is 15.6. The van der Waals surface area contributed by atoms with Crippen molar-refractivity contribution in [3.63, 3.8) is 0 Å². The topological polar surface area (TPSA) is 32.3 Å². The lowest BCUT2D eigenvalue weighted by atomic mass is 9.75. The molecule has 2 aliphatic heterocycles. The Labute approximate surface area is 159 Å². The molecule has 1 saturated heterocycles. The van der Waals surface area contributed by atoms with E-state index in [0.29, 0.717) is 6.54 Å². The van der Waals surface area contributed by atoms with E-state index in [1.807, 2.05) is 6.07 Å². The first-order chi connectivity index (χ1) is 13.0. The minimum Gasteiger partial charge on any atom is -0.335 e. The van der Waals surface area contributed by atoms with Gasteiger partial charge in [0.05, 0.1) is 6.54 Å². The van der Waals surface area contributed by atoms with E-state index >= 15 is 0 Å². The number of fused-ring (bicyclic) bond motifs is 4. The van der Waals surface area contributed by atoms with Crippen molar-refractivity contribution in [1.82, 2.24) is 5.32 Å². The van der Waals surface area contributed by atoms with Crippen LogP contribution in [0.4, 0.5) is 5.69 Å². The van der Waals surface area contributed by atoms with E-state index in [4.69, 9.17) is 0 Å². The second-order valence-corrected chi connectivity index (χ2v) is 7.94. The predicted molar refractivity (Wildman–Crippen MR) is 111 cm³/mol. The monoisotopic (exact) mass is 354 g/mol. The predicted octanol–water partition coefficient (Wildman–Crippen LogP) is 4.48. The fourth-order valence-corrected chi connectivity index (χ4v) is 4.75. The number of anilines is 1. The van der Waals surface area contributed by atoms with Gasteiger partial charge in [-0.05, 0) is 34.0 Å². The molecule has 2 heterocycles. The summed E-state index contributed by atoms with van der Waals surface area (Å²) >= 11 is 0. The van der Waals surface area contributed by atoms with Gasteiger partial charge in [0.2, 0.25) is 5.91 Å². The van der Waals surface area contributed by atoms with Gasteiger partial charge in [-0.1, -0.05) is 80.6 Å². The van der Waals surface area contributed by atoms with Crippen LogP contribution in [0.1, 0.15) is 25.0 Å². The normalized spacial score (nSPS) is 22.9. The molecule has 134 valence electrons. The van der Waals surface area contributed by atoms with Crippen LogP contribution in [0.5, 0.6) is 0 Å². The maximum atomic E-state index is 12.4. The van der Waals surface area contributed by atoms with Crippen molar-refractivity contribution in [1.29, 1.82) is 0 Å². The summed E-state index contributed by atoms with van der Waals surface area (Å²) in [6.07, 6.45) is 4.34. The Balaban J connectivity index is 1.67. The van der Waals surface area contributed by atoms with Crippen molar-refractivity contribution in [3.05, 3.63) is 83.9 Å². The molecule has 1 atom stereocenters. The highest BCUT2D eigenvalue weighted by Gasteiger charge is 2.59. The van der Waals surface area contributed by atoms with Crippen LogP contribution in [0.3, 0.4) is 0 Å². The number of hydrogen-bond donors (Lipinski definition) is 1. The quantitative estimate of drug-likeness (QED) is 0.736. The second-order valence-electron chi connectivity index (χ2n) is 7.94. The van der Waals surface area contributed by atoms with Crippen molar-refractivity contribution in [2.24, 2.45) is 0 Å². The van der Waals surface area contributed by atoms with Crippen LogP contribution in [0.25, 0.3) is 16.8 Å². The van der Waals surface area contributed by atoms with Crippen LogP contribution in [-0.4, -0.2) is 18.1 Å². The number of carbonyl (C=O) groups is 1. The average molecular weight is 354 g/mol. The summed E-state index contributed by atoms with van der Waals surface area (Å²) in [6.45, 7) is 4.82. The number of rotatable bonds is 2. The molecule has 3 nitrogen and oxygen atoms in total. The van der Waals surface area contributed by atoms with Crippen molar-refractivity contribution < 1.29 is 4.79 Å². The summed E-state index contributed by atoms with van der Waals surface area (Å²) in [5.74, 6) is 0.0696. The third kappa shape index (κ3) is 2.11. The lowest BCUT2D eigenvalue weighted by Crippen LogP contribution is -2.58. The number of hydrogen-bond acceptors (Lipinski definition) is 2. The molecule has 3 aromatic carbocycles. The molecule has 0 bridgehead atoms. The maximum Gasteiger partial charge on any atom is 0.241 e. The molecule has 0 saturated carbocycles. The standard InChI is InChI=1S/C24H22N2O/c1-23(2)20-12-5-6-13-21(20)26-16-22(27)25-24(23,26)15-14-18-10-7-9-17-8-3-4-11-19(17)18/h3-15H,16H2,1-2H3,(H,25,27)/t24-/m0/s1. The van der Waals surface area contributed by atoms with Gasteiger partial charge in [0.25, 0.3) is 0 Å². The first-order valence-corrected chi connectivity index (χ1v) is 9.38. The molecule has 1 N–H and O–H groups in total. The van der Waals surface area contributed by atoms with Crippen molar-refractivity contribution in [3.8, 4) is 0 Å². The Kier molecular flexibility index (Phi) is 3.26. The van der Waals surface area contributed by atoms with Gasteiger partial charge in [0, 0.05) is 11.1 Å². The lowest BCUT2D eigenvalue weighted by Gasteiger charge is -2.40. The van der Waals surface area contributed by atoms with Gasteiger partial charge in [-0.15, -0.1) is 0 Å². The number of para-hydroxylation sites is 1. The summed E-state index contributed by atoms with van der Waals surface area (Å²) in [4.78, 5) is 14.6. The summed E-state index contributed by atoms with van der Waals surface area (Å²) in [5.41, 5.74) is 2.79. The summed E-state index contributed by atoms with van der Waals surface area (Å²) in [6, 6.07) is 23.2. The van der Waals surface area contributed by atoms with E-state index < -0.39 is 5.66 Å². The SMILES string of the molecule is CC1(C)c2ccccc2N2CC(=O)N[C@@]21C=Cc1cccc2ccccc12. The molecule has 0 unspecified atom stereocenters. The molecule has 2 aliphatic rings. The van der Waals surface area contributed by atoms with E-state index in [2.05, 4.69) is 96.9 Å². The van der Waals surface area contributed by atoms with Gasteiger partial charge in [0.15, 0.2) is 0 Å². The molecular weight excluding hydrogens is 332 g/mol. The highest BCUT2D eigenvalue weighted by molar-refractivity contribution is 5.93. The highest BCUT2D eigenvalue weighted by atomic mass is 16.2. The van der Waals surface area contributed by atoms with Crippen LogP contribution in [0.15, 0.2) is 72.8 Å². The van der Waals surface area contributed by atoms with Crippen LogP contribution < -0.4 is 10.2 Å². The largest absolute Gasteiger partial charge is 0.335 e. The Morgan fingerprint density at radius 3 is 2.59 bits per heavy atom. The minimum absolute atomic E-state index is 0.0696. The van der Waals surface area contributed by atoms with E-state index in [9.17, 15) is 4.79 Å². The van der Waals surface area contributed by atoms with E-state index in [1.165, 1.54) is 16.3 Å². The molecule has 1 amide bonds. The van der Waals surface area contributed by atoms with Crippen LogP contribution in [-0.2, 0) is 10.2 Å². The fraction of sp³-hybridized carbons (Fsp3) is 0.208. The van der Waals surface area contributed by atoms with Gasteiger partial charge in [-0.25, -0.2) is 0 Å². The third-order valence-electron chi connectivity index (χ3n) is 6.21. The average Bonchev–Trinajstić information content (AvgIpc) is 3.11. The molecule has 1 fully saturated rings. The summed E-state index contributed by atoms with van der Waals surface area (Å²) in [5, 5.41) is 5.73. The maximum absolute atomic E-state index is 12.4. The van der Waals surface area contributed by atoms with E-state index in [-0.39, 0.29) is 11.3 Å². The first-order valence-electron chi connectivity index (χ1n) is 9.38. The Morgan fingerprint density at radius 1 is 0.963 bits per heavy atom. The first kappa shape index (κ1) is 16.1. The molecule has 27 heavy (non-hydrogen) atoms. The summed E-state index contributed by atoms with van der Waals surface area (Å²) < 4.78 is 0. The zero-order valence-electron chi connectivity index (χ0n) is 15.6. The number of carbonyl (C=O) groups excluding carboxylic acids is 1. The van der Waals surface area contributed by atoms with E-state index in [1.54, 1.807) is 0 Å². The third-order valence-corrected chi connectivity index (χ3v) is 6.21. The number of amides is 1. The van der Waals surface area contributed by atoms with Crippen LogP contribution >= 0.6 is 0 Å². The molecule has 3 aromatic rings. The van der Waals surface area contributed by atoms with Crippen molar-refractivity contribution in [2.75, 3.05) is 11.4 Å². The molecule has 3 heteroatoms. The molecule has 0 spiro atoms. The lowest BCUT2D eigenvalue weighted by molar-refractivity contribution is -0.118. The van der Waals surface area contributed by atoms with Crippen LogP contribution in [0, 0.1) is 0 Å². The van der Waals surface area contributed by atoms with Crippen molar-refractivity contribution in [2.45, 2.75) is 24.9 Å². The van der Waals surface area contributed by atoms with Gasteiger partial charge in [-0.2, -0.15) is 0 Å². The molecule has 0 radical (unpaired) electrons. The van der Waals surface area contributed by atoms with E-state index in [0.717, 1.165) is 11.3 Å². The number of nitrogens with one attached hydrogen (secondary N) is 1. The van der Waals surface area contributed by atoms with Crippen molar-refractivity contribution >= 4 is 28.4 Å².